The summed E-state index contributed by atoms with van der Waals surface area (Å²) in [6.07, 6.45) is 1.96. The van der Waals surface area contributed by atoms with Crippen molar-refractivity contribution in [3.8, 4) is 11.5 Å². The molecule has 1 amide bonds. The number of carbonyl (C=O) groups excluding carboxylic acids is 1. The van der Waals surface area contributed by atoms with E-state index in [1.807, 2.05) is 23.1 Å². The van der Waals surface area contributed by atoms with Gasteiger partial charge >= 0.3 is 0 Å². The normalized spacial score (nSPS) is 24.0. The Morgan fingerprint density at radius 1 is 1.11 bits per heavy atom. The summed E-state index contributed by atoms with van der Waals surface area (Å²) in [5.41, 5.74) is 1.51. The molecule has 3 atom stereocenters. The first-order chi connectivity index (χ1) is 13.6. The van der Waals surface area contributed by atoms with Gasteiger partial charge in [0.1, 0.15) is 22.9 Å². The van der Waals surface area contributed by atoms with Crippen LogP contribution in [0.15, 0.2) is 42.5 Å². The van der Waals surface area contributed by atoms with Crippen LogP contribution in [0.4, 0.5) is 4.39 Å². The molecule has 2 heterocycles. The van der Waals surface area contributed by atoms with Crippen molar-refractivity contribution in [2.45, 2.75) is 30.8 Å². The van der Waals surface area contributed by atoms with Gasteiger partial charge in [-0.05, 0) is 42.7 Å². The number of amides is 1. The van der Waals surface area contributed by atoms with Crippen molar-refractivity contribution in [2.24, 2.45) is 0 Å². The maximum absolute atomic E-state index is 13.6. The molecule has 5 nitrogen and oxygen atoms in total. The Hall–Kier alpha value is -2.60. The number of halogens is 1. The predicted octanol–water partition coefficient (Wildman–Crippen LogP) is 3.20. The zero-order valence-corrected chi connectivity index (χ0v) is 16.2. The number of rotatable bonds is 4. The smallest absolute Gasteiger partial charge is 0.261 e. The number of methoxy groups -OCH3 is 2. The standard InChI is InChI=1S/C22H25FN2O3/c1-27-18-6-3-7-19(28-2)20(18)22(26)25-12-4-5-17-21(25)16(13-24-17)14-8-10-15(23)11-9-14/h3,6-11,16-17,21,24H,4-5,12-13H2,1-2H3/t16-,17-,21-/m1/s1. The number of hydrogen-bond donors (Lipinski definition) is 1. The van der Waals surface area contributed by atoms with Gasteiger partial charge in [-0.2, -0.15) is 0 Å². The number of benzene rings is 2. The van der Waals surface area contributed by atoms with Gasteiger partial charge < -0.3 is 19.7 Å². The van der Waals surface area contributed by atoms with Gasteiger partial charge in [0.05, 0.1) is 20.3 Å². The second-order valence-corrected chi connectivity index (χ2v) is 7.34. The van der Waals surface area contributed by atoms with E-state index in [0.29, 0.717) is 23.6 Å². The van der Waals surface area contributed by atoms with Crippen LogP contribution in [0, 0.1) is 5.82 Å². The molecule has 2 fully saturated rings. The van der Waals surface area contributed by atoms with Gasteiger partial charge in [0.15, 0.2) is 0 Å². The monoisotopic (exact) mass is 384 g/mol. The van der Waals surface area contributed by atoms with Crippen LogP contribution in [0.25, 0.3) is 0 Å². The fraction of sp³-hybridized carbons (Fsp3) is 0.409. The van der Waals surface area contributed by atoms with Crippen LogP contribution in [-0.2, 0) is 0 Å². The fourth-order valence-corrected chi connectivity index (χ4v) is 4.61. The molecule has 0 aromatic heterocycles. The van der Waals surface area contributed by atoms with Gasteiger partial charge in [-0.1, -0.05) is 18.2 Å². The summed E-state index contributed by atoms with van der Waals surface area (Å²) in [7, 11) is 3.12. The Morgan fingerprint density at radius 2 is 1.79 bits per heavy atom. The topological polar surface area (TPSA) is 50.8 Å². The van der Waals surface area contributed by atoms with Gasteiger partial charge in [0.2, 0.25) is 0 Å². The van der Waals surface area contributed by atoms with Crippen molar-refractivity contribution in [1.82, 2.24) is 10.2 Å². The molecule has 148 valence electrons. The Balaban J connectivity index is 1.70. The van der Waals surface area contributed by atoms with E-state index in [-0.39, 0.29) is 29.7 Å². The lowest BCUT2D eigenvalue weighted by Crippen LogP contribution is -2.52. The van der Waals surface area contributed by atoms with Crippen molar-refractivity contribution in [3.05, 3.63) is 59.4 Å². The second-order valence-electron chi connectivity index (χ2n) is 7.34. The van der Waals surface area contributed by atoms with Gasteiger partial charge in [-0.25, -0.2) is 4.39 Å². The van der Waals surface area contributed by atoms with E-state index in [0.717, 1.165) is 24.9 Å². The van der Waals surface area contributed by atoms with Crippen LogP contribution in [0.5, 0.6) is 11.5 Å². The van der Waals surface area contributed by atoms with E-state index < -0.39 is 0 Å². The Morgan fingerprint density at radius 3 is 2.43 bits per heavy atom. The Bertz CT molecular complexity index is 833. The highest BCUT2D eigenvalue weighted by atomic mass is 19.1. The number of fused-ring (bicyclic) bond motifs is 1. The number of ether oxygens (including phenoxy) is 2. The zero-order chi connectivity index (χ0) is 19.7. The molecule has 2 aromatic rings. The molecule has 0 saturated carbocycles. The van der Waals surface area contributed by atoms with Crippen LogP contribution in [0.1, 0.15) is 34.7 Å². The third-order valence-corrected chi connectivity index (χ3v) is 5.90. The molecule has 2 aliphatic heterocycles. The summed E-state index contributed by atoms with van der Waals surface area (Å²) in [5.74, 6) is 0.809. The maximum Gasteiger partial charge on any atom is 0.261 e. The molecular formula is C22H25FN2O3. The molecule has 0 bridgehead atoms. The molecule has 0 radical (unpaired) electrons. The van der Waals surface area contributed by atoms with Crippen molar-refractivity contribution in [3.63, 3.8) is 0 Å². The third kappa shape index (κ3) is 3.22. The molecule has 0 unspecified atom stereocenters. The first kappa shape index (κ1) is 18.7. The van der Waals surface area contributed by atoms with Crippen molar-refractivity contribution in [1.29, 1.82) is 0 Å². The third-order valence-electron chi connectivity index (χ3n) is 5.90. The van der Waals surface area contributed by atoms with E-state index in [2.05, 4.69) is 5.32 Å². The van der Waals surface area contributed by atoms with Crippen LogP contribution in [0.2, 0.25) is 0 Å². The summed E-state index contributed by atoms with van der Waals surface area (Å²) in [6.45, 7) is 1.45. The van der Waals surface area contributed by atoms with Gasteiger partial charge in [-0.15, -0.1) is 0 Å². The molecular weight excluding hydrogens is 359 g/mol. The van der Waals surface area contributed by atoms with E-state index >= 15 is 0 Å². The van der Waals surface area contributed by atoms with Crippen LogP contribution >= 0.6 is 0 Å². The minimum absolute atomic E-state index is 0.0151. The van der Waals surface area contributed by atoms with E-state index in [1.54, 1.807) is 26.4 Å². The summed E-state index contributed by atoms with van der Waals surface area (Å²) in [4.78, 5) is 15.6. The van der Waals surface area contributed by atoms with E-state index in [4.69, 9.17) is 9.47 Å². The number of piperidine rings is 1. The summed E-state index contributed by atoms with van der Waals surface area (Å²) >= 11 is 0. The van der Waals surface area contributed by atoms with Gasteiger partial charge in [0.25, 0.3) is 5.91 Å². The summed E-state index contributed by atoms with van der Waals surface area (Å²) in [5, 5.41) is 3.57. The van der Waals surface area contributed by atoms with Crippen LogP contribution in [0.3, 0.4) is 0 Å². The highest BCUT2D eigenvalue weighted by Crippen LogP contribution is 2.38. The molecule has 0 spiro atoms. The lowest BCUT2D eigenvalue weighted by molar-refractivity contribution is 0.0572. The average molecular weight is 384 g/mol. The number of hydrogen-bond acceptors (Lipinski definition) is 4. The number of nitrogens with one attached hydrogen (secondary N) is 1. The highest BCUT2D eigenvalue weighted by Gasteiger charge is 2.45. The number of likely N-dealkylation sites (tertiary alicyclic amines) is 1. The minimum Gasteiger partial charge on any atom is -0.496 e. The fourth-order valence-electron chi connectivity index (χ4n) is 4.61. The van der Waals surface area contributed by atoms with Crippen molar-refractivity contribution >= 4 is 5.91 Å². The SMILES string of the molecule is COc1cccc(OC)c1C(=O)N1CCC[C@H]2NC[C@H](c3ccc(F)cc3)[C@H]21. The molecule has 1 N–H and O–H groups in total. The first-order valence-corrected chi connectivity index (χ1v) is 9.65. The lowest BCUT2D eigenvalue weighted by Gasteiger charge is -2.40. The van der Waals surface area contributed by atoms with E-state index in [9.17, 15) is 9.18 Å². The molecule has 4 rings (SSSR count). The van der Waals surface area contributed by atoms with Gasteiger partial charge in [0, 0.05) is 25.0 Å². The molecule has 2 aromatic carbocycles. The summed E-state index contributed by atoms with van der Waals surface area (Å²) < 4.78 is 24.3. The Kier molecular flexibility index (Phi) is 5.22. The maximum atomic E-state index is 13.6. The number of nitrogens with zero attached hydrogens (tertiary/aromatic N) is 1. The predicted molar refractivity (Wildman–Crippen MR) is 105 cm³/mol. The quantitative estimate of drug-likeness (QED) is 0.880. The molecule has 28 heavy (non-hydrogen) atoms. The average Bonchev–Trinajstić information content (AvgIpc) is 3.17. The second kappa shape index (κ2) is 7.80. The molecule has 2 saturated heterocycles. The van der Waals surface area contributed by atoms with Gasteiger partial charge in [-0.3, -0.25) is 4.79 Å². The lowest BCUT2D eigenvalue weighted by atomic mass is 9.85. The Labute approximate surface area is 164 Å². The minimum atomic E-state index is -0.249. The van der Waals surface area contributed by atoms with Crippen molar-refractivity contribution < 1.29 is 18.7 Å². The molecule has 6 heteroatoms. The first-order valence-electron chi connectivity index (χ1n) is 9.65. The zero-order valence-electron chi connectivity index (χ0n) is 16.2. The highest BCUT2D eigenvalue weighted by molar-refractivity contribution is 6.00. The van der Waals surface area contributed by atoms with Crippen molar-refractivity contribution in [2.75, 3.05) is 27.3 Å². The van der Waals surface area contributed by atoms with Crippen LogP contribution in [-0.4, -0.2) is 50.2 Å². The largest absolute Gasteiger partial charge is 0.496 e. The van der Waals surface area contributed by atoms with E-state index in [1.165, 1.54) is 12.1 Å². The molecule has 2 aliphatic rings. The number of carbonyl (C=O) groups is 1. The molecule has 0 aliphatic carbocycles. The van der Waals surface area contributed by atoms with Crippen LogP contribution < -0.4 is 14.8 Å². The summed E-state index contributed by atoms with van der Waals surface area (Å²) in [6, 6.07) is 12.2.